The third-order valence-electron chi connectivity index (χ3n) is 6.30. The molecule has 6 nitrogen and oxygen atoms in total. The highest BCUT2D eigenvalue weighted by molar-refractivity contribution is 5.69. The van der Waals surface area contributed by atoms with Gasteiger partial charge in [-0.3, -0.25) is 9.69 Å². The van der Waals surface area contributed by atoms with Crippen molar-refractivity contribution in [3.63, 3.8) is 0 Å². The Hall–Kier alpha value is -3.18. The van der Waals surface area contributed by atoms with Gasteiger partial charge in [-0.15, -0.1) is 0 Å². The molecule has 0 atom stereocenters. The second-order valence-corrected chi connectivity index (χ2v) is 8.32. The molecule has 0 saturated carbocycles. The molecule has 0 radical (unpaired) electrons. The molecular weight excluding hydrogens is 418 g/mol. The minimum absolute atomic E-state index is 0.0592. The van der Waals surface area contributed by atoms with Crippen LogP contribution in [0.3, 0.4) is 0 Å². The first-order chi connectivity index (χ1) is 15.4. The standard InChI is InChI=1S/C24H24F2N2O4/c25-23(26)32-20-6-5-18(24(15-27)7-9-28(10-8-24)14-22(29)30)13-21(20)31-19-11-16-3-1-2-4-17(16)12-19/h1-6,13,19,23H,7-12,14H2,(H,29,30). The number of ether oxygens (including phenoxy) is 2. The molecule has 1 fully saturated rings. The predicted octanol–water partition coefficient (Wildman–Crippen LogP) is 3.78. The number of halogens is 2. The Morgan fingerprint density at radius 2 is 1.81 bits per heavy atom. The van der Waals surface area contributed by atoms with E-state index in [4.69, 9.17) is 9.84 Å². The van der Waals surface area contributed by atoms with E-state index in [0.717, 1.165) is 0 Å². The SMILES string of the molecule is N#CC1(c2ccc(OC(F)F)c(OC3Cc4ccccc4C3)c2)CCN(CC(=O)O)CC1. The van der Waals surface area contributed by atoms with Crippen LogP contribution in [0.4, 0.5) is 8.78 Å². The van der Waals surface area contributed by atoms with E-state index < -0.39 is 18.0 Å². The van der Waals surface area contributed by atoms with Crippen molar-refractivity contribution >= 4 is 5.97 Å². The zero-order valence-electron chi connectivity index (χ0n) is 17.5. The lowest BCUT2D eigenvalue weighted by atomic mass is 9.74. The molecule has 4 rings (SSSR count). The number of carboxylic acids is 1. The average molecular weight is 442 g/mol. The Morgan fingerprint density at radius 3 is 2.38 bits per heavy atom. The normalized spacial score (nSPS) is 18.2. The Morgan fingerprint density at radius 1 is 1.16 bits per heavy atom. The molecule has 1 heterocycles. The molecule has 168 valence electrons. The number of alkyl halides is 2. The van der Waals surface area contributed by atoms with Gasteiger partial charge >= 0.3 is 12.6 Å². The van der Waals surface area contributed by atoms with Gasteiger partial charge in [0.15, 0.2) is 11.5 Å². The van der Waals surface area contributed by atoms with Gasteiger partial charge in [-0.2, -0.15) is 14.0 Å². The zero-order chi connectivity index (χ0) is 22.7. The molecule has 0 amide bonds. The van der Waals surface area contributed by atoms with Crippen molar-refractivity contribution in [3.05, 3.63) is 59.2 Å². The Kier molecular flexibility index (Phi) is 6.28. The van der Waals surface area contributed by atoms with Crippen LogP contribution in [0.2, 0.25) is 0 Å². The first-order valence-corrected chi connectivity index (χ1v) is 10.6. The molecule has 0 unspecified atom stereocenters. The van der Waals surface area contributed by atoms with E-state index >= 15 is 0 Å². The number of rotatable bonds is 7. The van der Waals surface area contributed by atoms with E-state index in [9.17, 15) is 18.8 Å². The van der Waals surface area contributed by atoms with Gasteiger partial charge in [0.25, 0.3) is 0 Å². The summed E-state index contributed by atoms with van der Waals surface area (Å²) in [7, 11) is 0. The quantitative estimate of drug-likeness (QED) is 0.703. The third-order valence-corrected chi connectivity index (χ3v) is 6.30. The molecule has 0 bridgehead atoms. The summed E-state index contributed by atoms with van der Waals surface area (Å²) in [5, 5.41) is 19.0. The molecule has 2 aromatic rings. The van der Waals surface area contributed by atoms with Gasteiger partial charge in [-0.1, -0.05) is 30.3 Å². The summed E-state index contributed by atoms with van der Waals surface area (Å²) >= 11 is 0. The highest BCUT2D eigenvalue weighted by Crippen LogP contribution is 2.41. The highest BCUT2D eigenvalue weighted by Gasteiger charge is 2.38. The number of piperidine rings is 1. The number of nitrogens with zero attached hydrogens (tertiary/aromatic N) is 2. The molecule has 1 saturated heterocycles. The van der Waals surface area contributed by atoms with E-state index in [1.807, 2.05) is 24.3 Å². The van der Waals surface area contributed by atoms with E-state index in [2.05, 4.69) is 10.8 Å². The number of aliphatic carboxylic acids is 1. The topological polar surface area (TPSA) is 82.8 Å². The molecule has 1 aliphatic heterocycles. The zero-order valence-corrected chi connectivity index (χ0v) is 17.5. The van der Waals surface area contributed by atoms with Crippen molar-refractivity contribution < 1.29 is 28.2 Å². The lowest BCUT2D eigenvalue weighted by molar-refractivity contribution is -0.138. The summed E-state index contributed by atoms with van der Waals surface area (Å²) in [5.41, 5.74) is 2.17. The molecule has 8 heteroatoms. The smallest absolute Gasteiger partial charge is 0.387 e. The maximum atomic E-state index is 13.0. The molecule has 1 N–H and O–H groups in total. The predicted molar refractivity (Wildman–Crippen MR) is 112 cm³/mol. The summed E-state index contributed by atoms with van der Waals surface area (Å²) in [6.07, 6.45) is 2.02. The molecule has 32 heavy (non-hydrogen) atoms. The van der Waals surface area contributed by atoms with Crippen LogP contribution in [0.25, 0.3) is 0 Å². The molecule has 0 spiro atoms. The lowest BCUT2D eigenvalue weighted by Crippen LogP contribution is -2.43. The number of hydrogen-bond donors (Lipinski definition) is 1. The molecule has 1 aliphatic carbocycles. The first-order valence-electron chi connectivity index (χ1n) is 10.6. The van der Waals surface area contributed by atoms with Crippen molar-refractivity contribution in [1.29, 1.82) is 5.26 Å². The van der Waals surface area contributed by atoms with Crippen molar-refractivity contribution in [2.75, 3.05) is 19.6 Å². The number of carboxylic acid groups (broad SMARTS) is 1. The van der Waals surface area contributed by atoms with Gasteiger partial charge in [0, 0.05) is 25.9 Å². The maximum Gasteiger partial charge on any atom is 0.387 e. The summed E-state index contributed by atoms with van der Waals surface area (Å²) in [6.45, 7) is -2.14. The van der Waals surface area contributed by atoms with E-state index in [0.29, 0.717) is 44.3 Å². The first kappa shape index (κ1) is 22.0. The Balaban J connectivity index is 1.57. The van der Waals surface area contributed by atoms with Crippen LogP contribution in [-0.2, 0) is 23.1 Å². The number of fused-ring (bicyclic) bond motifs is 1. The van der Waals surface area contributed by atoms with Gasteiger partial charge < -0.3 is 14.6 Å². The van der Waals surface area contributed by atoms with Crippen LogP contribution in [0.15, 0.2) is 42.5 Å². The largest absolute Gasteiger partial charge is 0.486 e. The van der Waals surface area contributed by atoms with E-state index in [1.54, 1.807) is 17.0 Å². The number of nitriles is 1. The highest BCUT2D eigenvalue weighted by atomic mass is 19.3. The lowest BCUT2D eigenvalue weighted by Gasteiger charge is -2.37. The summed E-state index contributed by atoms with van der Waals surface area (Å²) in [4.78, 5) is 12.8. The second-order valence-electron chi connectivity index (χ2n) is 8.32. The Bertz CT molecular complexity index is 1000. The minimum atomic E-state index is -2.99. The molecule has 2 aromatic carbocycles. The second kappa shape index (κ2) is 9.13. The number of carbonyl (C=O) groups is 1. The van der Waals surface area contributed by atoms with Crippen LogP contribution in [0.5, 0.6) is 11.5 Å². The summed E-state index contributed by atoms with van der Waals surface area (Å²) < 4.78 is 36.8. The van der Waals surface area contributed by atoms with Gasteiger partial charge in [0.05, 0.1) is 18.0 Å². The van der Waals surface area contributed by atoms with Gasteiger partial charge in [0.2, 0.25) is 0 Å². The average Bonchev–Trinajstić information content (AvgIpc) is 3.17. The van der Waals surface area contributed by atoms with Crippen LogP contribution < -0.4 is 9.47 Å². The van der Waals surface area contributed by atoms with Crippen LogP contribution in [-0.4, -0.2) is 48.3 Å². The number of hydrogen-bond acceptors (Lipinski definition) is 5. The van der Waals surface area contributed by atoms with Crippen molar-refractivity contribution in [1.82, 2.24) is 4.90 Å². The van der Waals surface area contributed by atoms with Gasteiger partial charge in [0.1, 0.15) is 6.10 Å². The molecule has 0 aromatic heterocycles. The van der Waals surface area contributed by atoms with Crippen LogP contribution >= 0.6 is 0 Å². The fourth-order valence-electron chi connectivity index (χ4n) is 4.62. The third kappa shape index (κ3) is 4.68. The van der Waals surface area contributed by atoms with Gasteiger partial charge in [-0.05, 0) is 41.7 Å². The monoisotopic (exact) mass is 442 g/mol. The fourth-order valence-corrected chi connectivity index (χ4v) is 4.62. The van der Waals surface area contributed by atoms with E-state index in [-0.39, 0.29) is 24.1 Å². The maximum absolute atomic E-state index is 13.0. The van der Waals surface area contributed by atoms with Crippen molar-refractivity contribution in [2.24, 2.45) is 0 Å². The van der Waals surface area contributed by atoms with Gasteiger partial charge in [-0.25, -0.2) is 0 Å². The number of benzene rings is 2. The minimum Gasteiger partial charge on any atom is -0.486 e. The van der Waals surface area contributed by atoms with Crippen molar-refractivity contribution in [2.45, 2.75) is 43.8 Å². The number of likely N-dealkylation sites (tertiary alicyclic amines) is 1. The van der Waals surface area contributed by atoms with Crippen LogP contribution in [0.1, 0.15) is 29.5 Å². The fraction of sp³-hybridized carbons (Fsp3) is 0.417. The summed E-state index contributed by atoms with van der Waals surface area (Å²) in [6, 6.07) is 15.1. The molecule has 2 aliphatic rings. The Labute approximate surface area is 185 Å². The van der Waals surface area contributed by atoms with E-state index in [1.165, 1.54) is 17.2 Å². The molecular formula is C24H24F2N2O4. The van der Waals surface area contributed by atoms with Crippen LogP contribution in [0, 0.1) is 11.3 Å². The summed E-state index contributed by atoms with van der Waals surface area (Å²) in [5.74, 6) is -0.768. The van der Waals surface area contributed by atoms with Crippen molar-refractivity contribution in [3.8, 4) is 17.6 Å².